The van der Waals surface area contributed by atoms with Crippen molar-refractivity contribution in [1.82, 2.24) is 5.32 Å². The molecule has 0 unspecified atom stereocenters. The van der Waals surface area contributed by atoms with Crippen molar-refractivity contribution in [3.8, 4) is 0 Å². The molecule has 2 rings (SSSR count). The summed E-state index contributed by atoms with van der Waals surface area (Å²) in [6.07, 6.45) is 0.659. The van der Waals surface area contributed by atoms with Gasteiger partial charge in [0.15, 0.2) is 0 Å². The number of carboxylic acids is 1. The van der Waals surface area contributed by atoms with Crippen LogP contribution in [0.25, 0.3) is 0 Å². The van der Waals surface area contributed by atoms with Crippen LogP contribution in [0.5, 0.6) is 0 Å². The van der Waals surface area contributed by atoms with Crippen LogP contribution in [0.3, 0.4) is 0 Å². The van der Waals surface area contributed by atoms with E-state index in [2.05, 4.69) is 5.32 Å². The van der Waals surface area contributed by atoms with Gasteiger partial charge in [0, 0.05) is 0 Å². The second kappa shape index (κ2) is 6.87. The van der Waals surface area contributed by atoms with Crippen molar-refractivity contribution >= 4 is 30.3 Å². The van der Waals surface area contributed by atoms with Crippen LogP contribution in [0, 0.1) is 0 Å². The maximum absolute atomic E-state index is 11.8. The number of rotatable bonds is 5. The van der Waals surface area contributed by atoms with E-state index in [0.29, 0.717) is 12.8 Å². The molecule has 8 heteroatoms. The van der Waals surface area contributed by atoms with Crippen LogP contribution in [0.1, 0.15) is 24.8 Å². The Morgan fingerprint density at radius 3 is 2.90 bits per heavy atom. The molecule has 0 bridgehead atoms. The Labute approximate surface area is 120 Å². The predicted molar refractivity (Wildman–Crippen MR) is 74.3 cm³/mol. The van der Waals surface area contributed by atoms with Crippen molar-refractivity contribution in [2.75, 3.05) is 0 Å². The quantitative estimate of drug-likeness (QED) is 0.686. The molecule has 20 heavy (non-hydrogen) atoms. The van der Waals surface area contributed by atoms with Gasteiger partial charge in [0.2, 0.25) is 5.91 Å². The van der Waals surface area contributed by atoms with Gasteiger partial charge in [-0.2, -0.15) is 11.3 Å². The first kappa shape index (κ1) is 15.0. The van der Waals surface area contributed by atoms with E-state index in [4.69, 9.17) is 9.76 Å². The van der Waals surface area contributed by atoms with Crippen LogP contribution in [-0.2, 0) is 20.7 Å². The van der Waals surface area contributed by atoms with Gasteiger partial charge in [-0.25, -0.2) is 0 Å². The van der Waals surface area contributed by atoms with Gasteiger partial charge in [-0.3, -0.25) is 9.59 Å². The maximum Gasteiger partial charge on any atom is 0.478 e. The second-order valence-electron chi connectivity index (χ2n) is 4.81. The maximum atomic E-state index is 11.8. The van der Waals surface area contributed by atoms with E-state index in [1.807, 2.05) is 16.8 Å². The van der Waals surface area contributed by atoms with Crippen molar-refractivity contribution < 1.29 is 24.4 Å². The molecule has 1 aliphatic rings. The van der Waals surface area contributed by atoms with E-state index in [0.717, 1.165) is 5.56 Å². The predicted octanol–water partition coefficient (Wildman–Crippen LogP) is 0.449. The van der Waals surface area contributed by atoms with Crippen molar-refractivity contribution in [3.63, 3.8) is 0 Å². The van der Waals surface area contributed by atoms with Crippen molar-refractivity contribution in [3.05, 3.63) is 22.4 Å². The van der Waals surface area contributed by atoms with Gasteiger partial charge in [-0.1, -0.05) is 0 Å². The van der Waals surface area contributed by atoms with E-state index in [9.17, 15) is 14.6 Å². The summed E-state index contributed by atoms with van der Waals surface area (Å²) in [6.45, 7) is 0. The molecule has 0 aromatic carbocycles. The fraction of sp³-hybridized carbons (Fsp3) is 0.500. The minimum atomic E-state index is -1.15. The van der Waals surface area contributed by atoms with Crippen molar-refractivity contribution in [2.24, 2.45) is 0 Å². The first-order valence-corrected chi connectivity index (χ1v) is 7.34. The zero-order valence-electron chi connectivity index (χ0n) is 10.8. The Balaban J connectivity index is 1.79. The summed E-state index contributed by atoms with van der Waals surface area (Å²) in [5.41, 5.74) is 0.933. The largest absolute Gasteiger partial charge is 0.481 e. The monoisotopic (exact) mass is 297 g/mol. The zero-order chi connectivity index (χ0) is 14.5. The van der Waals surface area contributed by atoms with Gasteiger partial charge >= 0.3 is 13.1 Å². The molecule has 6 nitrogen and oxygen atoms in total. The lowest BCUT2D eigenvalue weighted by molar-refractivity contribution is -0.139. The average Bonchev–Trinajstić information content (AvgIpc) is 2.84. The Morgan fingerprint density at radius 1 is 1.50 bits per heavy atom. The summed E-state index contributed by atoms with van der Waals surface area (Å²) in [4.78, 5) is 22.4. The SMILES string of the molecule is O=C(O)C[C@@H]1CC[C@H](NC(=O)Cc2ccsc2)B(O)O1. The second-order valence-corrected chi connectivity index (χ2v) is 5.59. The number of nitrogens with one attached hydrogen (secondary N) is 1. The van der Waals surface area contributed by atoms with Gasteiger partial charge in [0.05, 0.1) is 24.9 Å². The summed E-state index contributed by atoms with van der Waals surface area (Å²) < 4.78 is 5.21. The highest BCUT2D eigenvalue weighted by atomic mass is 32.1. The summed E-state index contributed by atoms with van der Waals surface area (Å²) in [7, 11) is -1.15. The Kier molecular flexibility index (Phi) is 5.16. The molecule has 1 fully saturated rings. The van der Waals surface area contributed by atoms with Crippen LogP contribution in [-0.4, -0.2) is 41.2 Å². The van der Waals surface area contributed by atoms with Crippen LogP contribution in [0.4, 0.5) is 0 Å². The number of hydrogen-bond acceptors (Lipinski definition) is 5. The van der Waals surface area contributed by atoms with Gasteiger partial charge in [-0.05, 0) is 35.2 Å². The van der Waals surface area contributed by atoms with E-state index in [1.165, 1.54) is 11.3 Å². The van der Waals surface area contributed by atoms with E-state index >= 15 is 0 Å². The molecule has 1 amide bonds. The molecule has 1 aliphatic heterocycles. The van der Waals surface area contributed by atoms with Crippen LogP contribution in [0.15, 0.2) is 16.8 Å². The number of aliphatic carboxylic acids is 1. The molecule has 1 aromatic heterocycles. The fourth-order valence-electron chi connectivity index (χ4n) is 2.19. The lowest BCUT2D eigenvalue weighted by atomic mass is 9.72. The lowest BCUT2D eigenvalue weighted by Crippen LogP contribution is -2.53. The molecule has 108 valence electrons. The molecule has 1 saturated heterocycles. The fourth-order valence-corrected chi connectivity index (χ4v) is 2.86. The summed E-state index contributed by atoms with van der Waals surface area (Å²) >= 11 is 1.52. The molecule has 0 aliphatic carbocycles. The summed E-state index contributed by atoms with van der Waals surface area (Å²) in [6, 6.07) is 1.88. The van der Waals surface area contributed by atoms with Gasteiger partial charge in [-0.15, -0.1) is 0 Å². The zero-order valence-corrected chi connectivity index (χ0v) is 11.6. The first-order chi connectivity index (χ1) is 9.54. The highest BCUT2D eigenvalue weighted by molar-refractivity contribution is 7.08. The third-order valence-corrected chi connectivity index (χ3v) is 3.90. The number of thiophene rings is 1. The van der Waals surface area contributed by atoms with Crippen LogP contribution < -0.4 is 5.32 Å². The molecule has 0 radical (unpaired) electrons. The van der Waals surface area contributed by atoms with Gasteiger partial charge in [0.25, 0.3) is 0 Å². The first-order valence-electron chi connectivity index (χ1n) is 6.40. The molecule has 2 atom stereocenters. The Bertz CT molecular complexity index is 466. The standard InChI is InChI=1S/C12H16BNO5S/c15-11(5-8-3-4-20-7-8)14-10-2-1-9(6-12(16)17)19-13(10)18/h3-4,7,9-10,18H,1-2,5-6H2,(H,14,15)(H,16,17)/t9-,10-/m0/s1. The minimum absolute atomic E-state index is 0.132. The number of carbonyl (C=O) groups excluding carboxylic acids is 1. The number of amides is 1. The van der Waals surface area contributed by atoms with Gasteiger partial charge < -0.3 is 20.1 Å². The highest BCUT2D eigenvalue weighted by Crippen LogP contribution is 2.18. The molecular weight excluding hydrogens is 281 g/mol. The van der Waals surface area contributed by atoms with Crippen LogP contribution >= 0.6 is 11.3 Å². The Morgan fingerprint density at radius 2 is 2.30 bits per heavy atom. The van der Waals surface area contributed by atoms with Crippen molar-refractivity contribution in [1.29, 1.82) is 0 Å². The number of carbonyl (C=O) groups is 2. The van der Waals surface area contributed by atoms with Crippen molar-refractivity contribution in [2.45, 2.75) is 37.7 Å². The normalized spacial score (nSPS) is 22.6. The molecular formula is C12H16BNO5S. The average molecular weight is 297 g/mol. The molecule has 2 heterocycles. The Hall–Kier alpha value is -1.38. The number of carboxylic acid groups (broad SMARTS) is 1. The third-order valence-electron chi connectivity index (χ3n) is 3.17. The molecule has 1 aromatic rings. The topological polar surface area (TPSA) is 95.9 Å². The van der Waals surface area contributed by atoms with E-state index in [-0.39, 0.29) is 18.7 Å². The van der Waals surface area contributed by atoms with E-state index in [1.54, 1.807) is 0 Å². The third kappa shape index (κ3) is 4.33. The molecule has 0 spiro atoms. The number of hydrogen-bond donors (Lipinski definition) is 3. The lowest BCUT2D eigenvalue weighted by Gasteiger charge is -2.30. The molecule has 3 N–H and O–H groups in total. The summed E-state index contributed by atoms with van der Waals surface area (Å²) in [5, 5.41) is 25.0. The minimum Gasteiger partial charge on any atom is -0.481 e. The van der Waals surface area contributed by atoms with E-state index < -0.39 is 25.1 Å². The molecule has 0 saturated carbocycles. The summed E-state index contributed by atoms with van der Waals surface area (Å²) in [5.74, 6) is -1.61. The van der Waals surface area contributed by atoms with Gasteiger partial charge in [0.1, 0.15) is 0 Å². The van der Waals surface area contributed by atoms with Crippen LogP contribution in [0.2, 0.25) is 0 Å². The highest BCUT2D eigenvalue weighted by Gasteiger charge is 2.36. The smallest absolute Gasteiger partial charge is 0.478 e.